The van der Waals surface area contributed by atoms with Crippen LogP contribution in [0.15, 0.2) is 62.5 Å². The number of esters is 1. The molecule has 0 saturated heterocycles. The predicted octanol–water partition coefficient (Wildman–Crippen LogP) is 6.88. The van der Waals surface area contributed by atoms with Crippen molar-refractivity contribution < 1.29 is 27.5 Å². The molecule has 9 nitrogen and oxygen atoms in total. The molecule has 0 bridgehead atoms. The quantitative estimate of drug-likeness (QED) is 0.106. The third kappa shape index (κ3) is 8.59. The number of amidine groups is 1. The molecule has 3 rings (SSSR count). The van der Waals surface area contributed by atoms with Crippen molar-refractivity contribution in [2.45, 2.75) is 73.7 Å². The van der Waals surface area contributed by atoms with E-state index in [0.717, 1.165) is 22.5 Å². The molecular formula is C30H37N3O6S3. The Morgan fingerprint density at radius 1 is 0.976 bits per heavy atom. The van der Waals surface area contributed by atoms with Crippen LogP contribution in [0.5, 0.6) is 0 Å². The molecule has 0 fully saturated rings. The molecule has 42 heavy (non-hydrogen) atoms. The third-order valence-electron chi connectivity index (χ3n) is 5.56. The highest BCUT2D eigenvalue weighted by Crippen LogP contribution is 2.39. The van der Waals surface area contributed by atoms with Gasteiger partial charge < -0.3 is 14.8 Å². The lowest BCUT2D eigenvalue weighted by atomic mass is 9.98. The number of hydrogen-bond donors (Lipinski definition) is 3. The SMILES string of the molecule is CSc1sc(C(=N)NC(=O)OC(C)(C)C)cc1S(=O)(=O)c1cccc(-c2c(C)cccc2NCC(=O)OC(C)(C)C)c1. The molecule has 3 N–H and O–H groups in total. The van der Waals surface area contributed by atoms with Gasteiger partial charge in [-0.3, -0.25) is 15.5 Å². The van der Waals surface area contributed by atoms with Crippen LogP contribution in [0.1, 0.15) is 52.0 Å². The minimum atomic E-state index is -4.00. The van der Waals surface area contributed by atoms with E-state index in [-0.39, 0.29) is 27.0 Å². The van der Waals surface area contributed by atoms with Gasteiger partial charge in [0.2, 0.25) is 9.84 Å². The predicted molar refractivity (Wildman–Crippen MR) is 169 cm³/mol. The number of aryl methyl sites for hydroxylation is 1. The zero-order valence-electron chi connectivity index (χ0n) is 25.0. The van der Waals surface area contributed by atoms with Crippen LogP contribution in [0.25, 0.3) is 11.1 Å². The van der Waals surface area contributed by atoms with Gasteiger partial charge in [-0.2, -0.15) is 0 Å². The van der Waals surface area contributed by atoms with Gasteiger partial charge in [0.1, 0.15) is 23.6 Å². The molecule has 0 atom stereocenters. The number of benzene rings is 2. The van der Waals surface area contributed by atoms with Crippen molar-refractivity contribution in [3.8, 4) is 11.1 Å². The largest absolute Gasteiger partial charge is 0.459 e. The Morgan fingerprint density at radius 2 is 1.62 bits per heavy atom. The number of thiophene rings is 1. The molecule has 0 unspecified atom stereocenters. The van der Waals surface area contributed by atoms with Crippen LogP contribution in [0.2, 0.25) is 0 Å². The van der Waals surface area contributed by atoms with Gasteiger partial charge in [0, 0.05) is 11.3 Å². The highest BCUT2D eigenvalue weighted by Gasteiger charge is 2.27. The van der Waals surface area contributed by atoms with Crippen LogP contribution < -0.4 is 10.6 Å². The monoisotopic (exact) mass is 631 g/mol. The molecule has 0 aliphatic heterocycles. The Hall–Kier alpha value is -3.35. The summed E-state index contributed by atoms with van der Waals surface area (Å²) in [6.45, 7) is 12.4. The van der Waals surface area contributed by atoms with Crippen molar-refractivity contribution in [3.63, 3.8) is 0 Å². The molecule has 0 saturated carbocycles. The van der Waals surface area contributed by atoms with Gasteiger partial charge in [0.05, 0.1) is 18.9 Å². The molecule has 0 radical (unpaired) electrons. The molecular weight excluding hydrogens is 595 g/mol. The van der Waals surface area contributed by atoms with Gasteiger partial charge in [-0.25, -0.2) is 13.2 Å². The number of ether oxygens (including phenoxy) is 2. The summed E-state index contributed by atoms with van der Waals surface area (Å²) in [7, 11) is -4.00. The number of carbonyl (C=O) groups excluding carboxylic acids is 2. The van der Waals surface area contributed by atoms with E-state index in [1.54, 1.807) is 59.9 Å². The topological polar surface area (TPSA) is 135 Å². The summed E-state index contributed by atoms with van der Waals surface area (Å²) in [5.41, 5.74) is 1.62. The molecule has 2 aromatic carbocycles. The average Bonchev–Trinajstić information content (AvgIpc) is 3.31. The number of carbonyl (C=O) groups is 2. The average molecular weight is 632 g/mol. The molecule has 0 spiro atoms. The second-order valence-electron chi connectivity index (χ2n) is 11.4. The van der Waals surface area contributed by atoms with Gasteiger partial charge in [-0.15, -0.1) is 23.1 Å². The van der Waals surface area contributed by atoms with Crippen molar-refractivity contribution >= 4 is 56.5 Å². The molecule has 3 aromatic rings. The van der Waals surface area contributed by atoms with Crippen LogP contribution >= 0.6 is 23.1 Å². The lowest BCUT2D eigenvalue weighted by Gasteiger charge is -2.20. The highest BCUT2D eigenvalue weighted by molar-refractivity contribution is 8.01. The molecule has 1 amide bonds. The lowest BCUT2D eigenvalue weighted by Crippen LogP contribution is -2.36. The summed E-state index contributed by atoms with van der Waals surface area (Å²) >= 11 is 2.35. The van der Waals surface area contributed by atoms with E-state index >= 15 is 0 Å². The maximum absolute atomic E-state index is 13.9. The van der Waals surface area contributed by atoms with Crippen molar-refractivity contribution in [2.75, 3.05) is 18.1 Å². The number of sulfone groups is 1. The van der Waals surface area contributed by atoms with Crippen LogP contribution in [0, 0.1) is 12.3 Å². The normalized spacial score (nSPS) is 12.0. The van der Waals surface area contributed by atoms with Gasteiger partial charge in [0.15, 0.2) is 0 Å². The number of amides is 1. The summed E-state index contributed by atoms with van der Waals surface area (Å²) in [5, 5.41) is 13.8. The minimum Gasteiger partial charge on any atom is -0.459 e. The standard InChI is InChI=1S/C30H37N3O6S3/c1-18-11-9-14-21(32-17-24(34)38-29(2,3)4)25(18)19-12-10-13-20(15-19)42(36,37)23-16-22(41-27(23)40-8)26(31)33-28(35)39-30(5,6)7/h9-16,32H,17H2,1-8H3,(H2,31,33,35). The van der Waals surface area contributed by atoms with Crippen LogP contribution in [-0.2, 0) is 24.1 Å². The third-order valence-corrected chi connectivity index (χ3v) is 9.88. The number of thioether (sulfide) groups is 1. The maximum Gasteiger partial charge on any atom is 0.413 e. The molecule has 1 aromatic heterocycles. The number of hydrogen-bond acceptors (Lipinski definition) is 10. The molecule has 226 valence electrons. The fourth-order valence-corrected chi connectivity index (χ4v) is 7.91. The fourth-order valence-electron chi connectivity index (χ4n) is 3.97. The van der Waals surface area contributed by atoms with Crippen LogP contribution in [-0.4, -0.2) is 50.3 Å². The Morgan fingerprint density at radius 3 is 2.24 bits per heavy atom. The van der Waals surface area contributed by atoms with E-state index in [4.69, 9.17) is 14.9 Å². The van der Waals surface area contributed by atoms with Gasteiger partial charge >= 0.3 is 12.1 Å². The van der Waals surface area contributed by atoms with Gasteiger partial charge in [-0.05, 0) is 90.1 Å². The zero-order valence-corrected chi connectivity index (χ0v) is 27.4. The number of anilines is 1. The van der Waals surface area contributed by atoms with Crippen molar-refractivity contribution in [1.29, 1.82) is 5.41 Å². The van der Waals surface area contributed by atoms with Crippen LogP contribution in [0.4, 0.5) is 10.5 Å². The summed E-state index contributed by atoms with van der Waals surface area (Å²) in [6.07, 6.45) is 0.962. The number of nitrogens with one attached hydrogen (secondary N) is 3. The first kappa shape index (κ1) is 33.2. The summed E-state index contributed by atoms with van der Waals surface area (Å²) in [4.78, 5) is 24.9. The molecule has 1 heterocycles. The van der Waals surface area contributed by atoms with E-state index in [1.165, 1.54) is 23.9 Å². The van der Waals surface area contributed by atoms with Crippen molar-refractivity contribution in [3.05, 3.63) is 59.0 Å². The first-order chi connectivity index (χ1) is 19.4. The number of alkyl carbamates (subject to hydrolysis) is 1. The minimum absolute atomic E-state index is 0.0518. The Balaban J connectivity index is 1.95. The van der Waals surface area contributed by atoms with E-state index in [1.807, 2.05) is 31.2 Å². The lowest BCUT2D eigenvalue weighted by molar-refractivity contribution is -0.152. The second-order valence-corrected chi connectivity index (χ2v) is 15.5. The van der Waals surface area contributed by atoms with Crippen molar-refractivity contribution in [1.82, 2.24) is 5.32 Å². The first-order valence-corrected chi connectivity index (χ1v) is 16.6. The summed E-state index contributed by atoms with van der Waals surface area (Å²) in [5.74, 6) is -0.656. The maximum atomic E-state index is 13.9. The van der Waals surface area contributed by atoms with E-state index in [0.29, 0.717) is 15.5 Å². The fraction of sp³-hybridized carbons (Fsp3) is 0.367. The van der Waals surface area contributed by atoms with Crippen molar-refractivity contribution in [2.24, 2.45) is 0 Å². The Bertz CT molecular complexity index is 1600. The van der Waals surface area contributed by atoms with Gasteiger partial charge in [0.25, 0.3) is 0 Å². The highest BCUT2D eigenvalue weighted by atomic mass is 32.2. The van der Waals surface area contributed by atoms with Gasteiger partial charge in [-0.1, -0.05) is 24.3 Å². The Kier molecular flexibility index (Phi) is 10.2. The van der Waals surface area contributed by atoms with Crippen LogP contribution in [0.3, 0.4) is 0 Å². The summed E-state index contributed by atoms with van der Waals surface area (Å²) in [6, 6.07) is 13.6. The van der Waals surface area contributed by atoms with E-state index < -0.39 is 33.1 Å². The number of rotatable bonds is 8. The zero-order chi connectivity index (χ0) is 31.5. The molecule has 12 heteroatoms. The van der Waals surface area contributed by atoms with E-state index in [9.17, 15) is 18.0 Å². The smallest absolute Gasteiger partial charge is 0.413 e. The molecule has 0 aliphatic rings. The summed E-state index contributed by atoms with van der Waals surface area (Å²) < 4.78 is 38.9. The molecule has 0 aliphatic carbocycles. The Labute approximate surface area is 255 Å². The van der Waals surface area contributed by atoms with E-state index in [2.05, 4.69) is 10.6 Å². The second kappa shape index (κ2) is 12.9. The first-order valence-electron chi connectivity index (χ1n) is 13.1.